The van der Waals surface area contributed by atoms with Gasteiger partial charge < -0.3 is 10.2 Å². The number of rotatable bonds is 18. The van der Waals surface area contributed by atoms with E-state index in [2.05, 4.69) is 26.0 Å². The van der Waals surface area contributed by atoms with Crippen molar-refractivity contribution in [2.24, 2.45) is 0 Å². The van der Waals surface area contributed by atoms with Crippen LogP contribution >= 0.6 is 0 Å². The Balaban J connectivity index is 1.93. The number of aromatic hydroxyl groups is 2. The Morgan fingerprint density at radius 2 is 0.912 bits per heavy atom. The van der Waals surface area contributed by atoms with Gasteiger partial charge in [-0.25, -0.2) is 0 Å². The summed E-state index contributed by atoms with van der Waals surface area (Å²) in [6, 6.07) is 11.7. The molecule has 0 aromatic heterocycles. The molecular weight excluding hydrogens is 456 g/mol. The van der Waals surface area contributed by atoms with Crippen LogP contribution in [0, 0.1) is 0 Å². The maximum absolute atomic E-state index is 10.5. The highest BCUT2D eigenvalue weighted by molar-refractivity contribution is 8.29. The van der Waals surface area contributed by atoms with Crippen LogP contribution in [0.4, 0.5) is 0 Å². The molecule has 190 valence electrons. The van der Waals surface area contributed by atoms with Crippen molar-refractivity contribution in [3.05, 3.63) is 47.5 Å². The maximum atomic E-state index is 10.5. The Bertz CT molecular complexity index is 793. The second kappa shape index (κ2) is 17.1. The van der Waals surface area contributed by atoms with Gasteiger partial charge in [-0.15, -0.1) is 0 Å². The minimum absolute atomic E-state index is 0.235. The second-order valence-corrected chi connectivity index (χ2v) is 12.0. The van der Waals surface area contributed by atoms with Gasteiger partial charge in [-0.05, 0) is 72.3 Å². The second-order valence-electron chi connectivity index (χ2n) is 9.62. The quantitative estimate of drug-likeness (QED) is 0.200. The molecule has 0 spiro atoms. The van der Waals surface area contributed by atoms with Crippen molar-refractivity contribution in [3.8, 4) is 11.5 Å². The topological polar surface area (TPSA) is 40.5 Å². The summed E-state index contributed by atoms with van der Waals surface area (Å²) in [5, 5.41) is 21.1. The molecule has 2 aromatic carbocycles. The average molecular weight is 503 g/mol. The summed E-state index contributed by atoms with van der Waals surface area (Å²) in [7, 11) is -0.783. The van der Waals surface area contributed by atoms with Crippen molar-refractivity contribution >= 4 is 20.6 Å². The first-order valence-electron chi connectivity index (χ1n) is 13.6. The van der Waals surface area contributed by atoms with E-state index in [1.807, 2.05) is 12.1 Å². The fraction of sp³-hybridized carbons (Fsp3) is 0.600. The van der Waals surface area contributed by atoms with Crippen LogP contribution < -0.4 is 0 Å². The number of aryl methyl sites for hydroxylation is 2. The molecule has 0 saturated heterocycles. The zero-order valence-corrected chi connectivity index (χ0v) is 23.1. The lowest BCUT2D eigenvalue weighted by molar-refractivity contribution is 0.459. The van der Waals surface area contributed by atoms with Crippen LogP contribution in [-0.2, 0) is 33.5 Å². The number of unbranched alkanes of at least 4 members (excludes halogenated alkanes) is 12. The van der Waals surface area contributed by atoms with Crippen molar-refractivity contribution in [1.82, 2.24) is 0 Å². The number of benzene rings is 2. The van der Waals surface area contributed by atoms with Crippen molar-refractivity contribution in [1.29, 1.82) is 0 Å². The summed E-state index contributed by atoms with van der Waals surface area (Å²) in [4.78, 5) is 1.53. The summed E-state index contributed by atoms with van der Waals surface area (Å²) >= 11 is 5.86. The molecule has 4 heteroatoms. The molecule has 34 heavy (non-hydrogen) atoms. The van der Waals surface area contributed by atoms with E-state index in [1.165, 1.54) is 101 Å². The highest BCUT2D eigenvalue weighted by atomic mass is 32.8. The number of phenolic OH excluding ortho intramolecular Hbond substituents is 2. The molecular formula is C30H46O2S2. The Hall–Kier alpha value is -1.39. The van der Waals surface area contributed by atoms with Crippen LogP contribution in [0.3, 0.4) is 0 Å². The molecule has 2 rings (SSSR count). The van der Waals surface area contributed by atoms with Crippen LogP contribution in [0.1, 0.15) is 115 Å². The Morgan fingerprint density at radius 3 is 1.29 bits per heavy atom. The van der Waals surface area contributed by atoms with Gasteiger partial charge in [0.15, 0.2) is 0 Å². The predicted molar refractivity (Wildman–Crippen MR) is 151 cm³/mol. The number of hydrogen-bond acceptors (Lipinski definition) is 3. The van der Waals surface area contributed by atoms with Gasteiger partial charge in [0.05, 0.1) is 9.79 Å². The lowest BCUT2D eigenvalue weighted by Gasteiger charge is -2.13. The van der Waals surface area contributed by atoms with Gasteiger partial charge in [0.25, 0.3) is 0 Å². The van der Waals surface area contributed by atoms with Gasteiger partial charge >= 0.3 is 0 Å². The fourth-order valence-corrected chi connectivity index (χ4v) is 6.49. The zero-order chi connectivity index (χ0) is 24.6. The van der Waals surface area contributed by atoms with Gasteiger partial charge in [-0.3, -0.25) is 0 Å². The van der Waals surface area contributed by atoms with E-state index in [4.69, 9.17) is 11.2 Å². The molecule has 0 radical (unpaired) electrons. The summed E-state index contributed by atoms with van der Waals surface area (Å²) in [6.07, 6.45) is 20.1. The Kier molecular flexibility index (Phi) is 14.5. The maximum Gasteiger partial charge on any atom is 0.129 e. The van der Waals surface area contributed by atoms with E-state index < -0.39 is 9.45 Å². The van der Waals surface area contributed by atoms with Crippen LogP contribution in [0.15, 0.2) is 46.2 Å². The molecule has 0 amide bonds. The van der Waals surface area contributed by atoms with Gasteiger partial charge in [-0.2, -0.15) is 0 Å². The van der Waals surface area contributed by atoms with Crippen molar-refractivity contribution in [2.45, 2.75) is 126 Å². The first-order chi connectivity index (χ1) is 16.6. The molecule has 0 fully saturated rings. The molecule has 0 aliphatic heterocycles. The molecule has 0 atom stereocenters. The lowest BCUT2D eigenvalue weighted by atomic mass is 10.0. The van der Waals surface area contributed by atoms with Gasteiger partial charge in [0.2, 0.25) is 0 Å². The summed E-state index contributed by atoms with van der Waals surface area (Å²) in [6.45, 7) is 4.50. The standard InChI is InChI=1S/C30H46O2S2/c1-3-5-7-9-11-13-15-17-25-19-21-27(31)29(23-25)34(33)30-24-26(20-22-28(30)32)18-16-14-12-10-8-6-4-2/h19-24,31-32H,3-18H2,1-2H3. The van der Waals surface area contributed by atoms with E-state index in [-0.39, 0.29) is 11.5 Å². The van der Waals surface area contributed by atoms with Crippen LogP contribution in [0.5, 0.6) is 11.5 Å². The van der Waals surface area contributed by atoms with E-state index in [0.29, 0.717) is 0 Å². The molecule has 2 nitrogen and oxygen atoms in total. The molecule has 2 aromatic rings. The predicted octanol–water partition coefficient (Wildman–Crippen LogP) is 9.18. The molecule has 0 unspecified atom stereocenters. The molecule has 0 aliphatic carbocycles. The molecule has 0 saturated carbocycles. The Morgan fingerprint density at radius 1 is 0.559 bits per heavy atom. The van der Waals surface area contributed by atoms with Crippen LogP contribution in [-0.4, -0.2) is 10.2 Å². The third-order valence-electron chi connectivity index (χ3n) is 6.59. The van der Waals surface area contributed by atoms with E-state index in [0.717, 1.165) is 22.6 Å². The first-order valence-corrected chi connectivity index (χ1v) is 15.8. The highest BCUT2D eigenvalue weighted by Gasteiger charge is 2.14. The average Bonchev–Trinajstić information content (AvgIpc) is 2.84. The largest absolute Gasteiger partial charge is 0.507 e. The van der Waals surface area contributed by atoms with Gasteiger partial charge in [-0.1, -0.05) is 112 Å². The SMILES string of the molecule is CCCCCCCCCc1ccc(O)c(S(=S)c2cc(CCCCCCCCC)ccc2O)c1. The van der Waals surface area contributed by atoms with Crippen molar-refractivity contribution in [2.75, 3.05) is 0 Å². The van der Waals surface area contributed by atoms with Crippen LogP contribution in [0.25, 0.3) is 0 Å². The monoisotopic (exact) mass is 502 g/mol. The molecule has 2 N–H and O–H groups in total. The van der Waals surface area contributed by atoms with Crippen molar-refractivity contribution in [3.63, 3.8) is 0 Å². The van der Waals surface area contributed by atoms with Gasteiger partial charge in [0, 0.05) is 0 Å². The molecule has 0 heterocycles. The van der Waals surface area contributed by atoms with Crippen LogP contribution in [0.2, 0.25) is 0 Å². The lowest BCUT2D eigenvalue weighted by Crippen LogP contribution is -1.97. The van der Waals surface area contributed by atoms with E-state index >= 15 is 0 Å². The van der Waals surface area contributed by atoms with Crippen molar-refractivity contribution < 1.29 is 10.2 Å². The highest BCUT2D eigenvalue weighted by Crippen LogP contribution is 2.32. The Labute approximate surface area is 215 Å². The normalized spacial score (nSPS) is 11.4. The minimum Gasteiger partial charge on any atom is -0.507 e. The van der Waals surface area contributed by atoms with Gasteiger partial charge in [0.1, 0.15) is 11.5 Å². The van der Waals surface area contributed by atoms with E-state index in [9.17, 15) is 10.2 Å². The zero-order valence-electron chi connectivity index (χ0n) is 21.5. The number of hydrogen-bond donors (Lipinski definition) is 2. The minimum atomic E-state index is -0.783. The summed E-state index contributed by atoms with van der Waals surface area (Å²) < 4.78 is 0. The molecule has 0 bridgehead atoms. The first kappa shape index (κ1) is 28.8. The fourth-order valence-electron chi connectivity index (χ4n) is 4.42. The molecule has 0 aliphatic rings. The van der Waals surface area contributed by atoms with E-state index in [1.54, 1.807) is 12.1 Å². The smallest absolute Gasteiger partial charge is 0.129 e. The third kappa shape index (κ3) is 10.5. The third-order valence-corrected chi connectivity index (χ3v) is 9.12. The number of phenols is 2. The summed E-state index contributed by atoms with van der Waals surface area (Å²) in [5.74, 6) is 0.470. The summed E-state index contributed by atoms with van der Waals surface area (Å²) in [5.41, 5.74) is 2.45.